The maximum Gasteiger partial charge on any atom is 0.314 e. The Labute approximate surface area is 127 Å². The first-order chi connectivity index (χ1) is 10.0. The molecule has 1 N–H and O–H groups in total. The zero-order valence-electron chi connectivity index (χ0n) is 11.9. The Bertz CT molecular complexity index is 576. The number of ether oxygens (including phenoxy) is 2. The van der Waals surface area contributed by atoms with Crippen LogP contribution in [0.3, 0.4) is 0 Å². The van der Waals surface area contributed by atoms with Gasteiger partial charge in [0.2, 0.25) is 0 Å². The summed E-state index contributed by atoms with van der Waals surface area (Å²) in [4.78, 5) is 23.0. The second kappa shape index (κ2) is 5.93. The summed E-state index contributed by atoms with van der Waals surface area (Å²) in [5, 5.41) is 9.95. The summed E-state index contributed by atoms with van der Waals surface area (Å²) in [5.41, 5.74) is -0.447. The molecule has 1 aromatic carbocycles. The van der Waals surface area contributed by atoms with E-state index in [0.717, 1.165) is 12.8 Å². The molecule has 2 rings (SSSR count). The van der Waals surface area contributed by atoms with Gasteiger partial charge < -0.3 is 14.6 Å². The molecule has 6 heteroatoms. The highest BCUT2D eigenvalue weighted by Gasteiger charge is 2.47. The van der Waals surface area contributed by atoms with Crippen LogP contribution in [0, 0.1) is 0 Å². The predicted octanol–water partition coefficient (Wildman–Crippen LogP) is 3.07. The molecule has 0 unspecified atom stereocenters. The van der Waals surface area contributed by atoms with Crippen LogP contribution < -0.4 is 9.47 Å². The summed E-state index contributed by atoms with van der Waals surface area (Å²) in [7, 11) is 2.82. The van der Waals surface area contributed by atoms with Crippen LogP contribution in [0.25, 0.3) is 0 Å². The standard InChI is InChI=1S/C15H17ClO5/c1-20-12-9(8-17)7-10(16)11(13(12)21-2)15(14(18)19)5-3-4-6-15/h7-8H,3-6H2,1-2H3,(H,18,19). The van der Waals surface area contributed by atoms with Crippen molar-refractivity contribution in [2.24, 2.45) is 0 Å². The first kappa shape index (κ1) is 15.6. The van der Waals surface area contributed by atoms with E-state index in [9.17, 15) is 14.7 Å². The van der Waals surface area contributed by atoms with Crippen molar-refractivity contribution in [2.45, 2.75) is 31.1 Å². The highest BCUT2D eigenvalue weighted by Crippen LogP contribution is 2.51. The molecule has 1 aromatic rings. The van der Waals surface area contributed by atoms with Crippen molar-refractivity contribution in [1.82, 2.24) is 0 Å². The van der Waals surface area contributed by atoms with Gasteiger partial charge in [0.05, 0.1) is 25.2 Å². The van der Waals surface area contributed by atoms with Crippen molar-refractivity contribution in [1.29, 1.82) is 0 Å². The average Bonchev–Trinajstić information content (AvgIpc) is 2.96. The maximum absolute atomic E-state index is 11.9. The third kappa shape index (κ3) is 2.35. The number of aldehydes is 1. The number of rotatable bonds is 5. The van der Waals surface area contributed by atoms with Crippen molar-refractivity contribution in [2.75, 3.05) is 14.2 Å². The summed E-state index contributed by atoms with van der Waals surface area (Å²) < 4.78 is 10.6. The van der Waals surface area contributed by atoms with E-state index < -0.39 is 11.4 Å². The van der Waals surface area contributed by atoms with Crippen LogP contribution in [0.4, 0.5) is 0 Å². The van der Waals surface area contributed by atoms with Crippen molar-refractivity contribution in [3.8, 4) is 11.5 Å². The van der Waals surface area contributed by atoms with E-state index >= 15 is 0 Å². The summed E-state index contributed by atoms with van der Waals surface area (Å²) in [6.45, 7) is 0. The molecule has 0 aromatic heterocycles. The number of halogens is 1. The molecule has 0 bridgehead atoms. The van der Waals surface area contributed by atoms with E-state index in [2.05, 4.69) is 0 Å². The molecule has 1 aliphatic rings. The number of aliphatic carboxylic acids is 1. The second-order valence-electron chi connectivity index (χ2n) is 5.10. The fourth-order valence-corrected chi connectivity index (χ4v) is 3.50. The van der Waals surface area contributed by atoms with E-state index in [4.69, 9.17) is 21.1 Å². The third-order valence-corrected chi connectivity index (χ3v) is 4.39. The van der Waals surface area contributed by atoms with Gasteiger partial charge in [-0.25, -0.2) is 0 Å². The largest absolute Gasteiger partial charge is 0.492 e. The van der Waals surface area contributed by atoms with Gasteiger partial charge >= 0.3 is 5.97 Å². The average molecular weight is 313 g/mol. The Morgan fingerprint density at radius 3 is 2.29 bits per heavy atom. The molecule has 0 amide bonds. The van der Waals surface area contributed by atoms with E-state index in [1.54, 1.807) is 0 Å². The topological polar surface area (TPSA) is 72.8 Å². The quantitative estimate of drug-likeness (QED) is 0.846. The molecule has 1 saturated carbocycles. The summed E-state index contributed by atoms with van der Waals surface area (Å²) in [6, 6.07) is 1.44. The van der Waals surface area contributed by atoms with Crippen LogP contribution in [0.15, 0.2) is 6.07 Å². The molecular weight excluding hydrogens is 296 g/mol. The summed E-state index contributed by atoms with van der Waals surface area (Å²) in [5.74, 6) is -0.475. The van der Waals surface area contributed by atoms with Gasteiger partial charge in [0, 0.05) is 10.6 Å². The number of carboxylic acids is 1. The first-order valence-electron chi connectivity index (χ1n) is 6.65. The van der Waals surface area contributed by atoms with Gasteiger partial charge in [-0.2, -0.15) is 0 Å². The SMILES string of the molecule is COc1c(C=O)cc(Cl)c(C2(C(=O)O)CCCC2)c1OC. The van der Waals surface area contributed by atoms with Crippen LogP contribution >= 0.6 is 11.6 Å². The number of carbonyl (C=O) groups excluding carboxylic acids is 1. The van der Waals surface area contributed by atoms with Gasteiger partial charge in [0.25, 0.3) is 0 Å². The van der Waals surface area contributed by atoms with Gasteiger partial charge in [0.15, 0.2) is 17.8 Å². The third-order valence-electron chi connectivity index (χ3n) is 4.10. The Morgan fingerprint density at radius 1 is 1.29 bits per heavy atom. The molecule has 1 fully saturated rings. The molecule has 0 heterocycles. The lowest BCUT2D eigenvalue weighted by atomic mass is 9.77. The van der Waals surface area contributed by atoms with Crippen LogP contribution in [0.5, 0.6) is 11.5 Å². The lowest BCUT2D eigenvalue weighted by Crippen LogP contribution is -2.33. The lowest BCUT2D eigenvalue weighted by molar-refractivity contribution is -0.143. The van der Waals surface area contributed by atoms with Crippen LogP contribution in [0.2, 0.25) is 5.02 Å². The van der Waals surface area contributed by atoms with Crippen LogP contribution in [0.1, 0.15) is 41.6 Å². The lowest BCUT2D eigenvalue weighted by Gasteiger charge is -2.28. The number of hydrogen-bond acceptors (Lipinski definition) is 4. The Kier molecular flexibility index (Phi) is 4.42. The van der Waals surface area contributed by atoms with E-state index in [0.29, 0.717) is 24.7 Å². The molecule has 0 atom stereocenters. The van der Waals surface area contributed by atoms with E-state index in [-0.39, 0.29) is 22.1 Å². The monoisotopic (exact) mass is 312 g/mol. The molecular formula is C15H17ClO5. The van der Waals surface area contributed by atoms with Crippen molar-refractivity contribution in [3.63, 3.8) is 0 Å². The molecule has 1 aliphatic carbocycles. The van der Waals surface area contributed by atoms with Crippen molar-refractivity contribution < 1.29 is 24.2 Å². The number of carbonyl (C=O) groups is 2. The number of hydrogen-bond donors (Lipinski definition) is 1. The number of benzene rings is 1. The summed E-state index contributed by atoms with van der Waals surface area (Å²) in [6.07, 6.45) is 3.20. The highest BCUT2D eigenvalue weighted by atomic mass is 35.5. The Balaban J connectivity index is 2.79. The normalized spacial score (nSPS) is 16.5. The fraction of sp³-hybridized carbons (Fsp3) is 0.467. The predicted molar refractivity (Wildman–Crippen MR) is 77.7 cm³/mol. The zero-order chi connectivity index (χ0) is 15.6. The Morgan fingerprint density at radius 2 is 1.86 bits per heavy atom. The Hall–Kier alpha value is -1.75. The highest BCUT2D eigenvalue weighted by molar-refractivity contribution is 6.32. The zero-order valence-corrected chi connectivity index (χ0v) is 12.7. The van der Waals surface area contributed by atoms with Gasteiger partial charge in [-0.3, -0.25) is 9.59 Å². The van der Waals surface area contributed by atoms with E-state index in [1.807, 2.05) is 0 Å². The minimum absolute atomic E-state index is 0.221. The second-order valence-corrected chi connectivity index (χ2v) is 5.51. The summed E-state index contributed by atoms with van der Waals surface area (Å²) >= 11 is 6.28. The fourth-order valence-electron chi connectivity index (χ4n) is 3.12. The van der Waals surface area contributed by atoms with Crippen molar-refractivity contribution >= 4 is 23.9 Å². The number of carboxylic acid groups (broad SMARTS) is 1. The minimum Gasteiger partial charge on any atom is -0.492 e. The molecule has 0 saturated heterocycles. The molecule has 0 aliphatic heterocycles. The minimum atomic E-state index is -1.09. The van der Waals surface area contributed by atoms with Gasteiger partial charge in [-0.05, 0) is 18.9 Å². The molecule has 0 radical (unpaired) electrons. The smallest absolute Gasteiger partial charge is 0.314 e. The van der Waals surface area contributed by atoms with Gasteiger partial charge in [-0.15, -0.1) is 0 Å². The van der Waals surface area contributed by atoms with Crippen LogP contribution in [-0.4, -0.2) is 31.6 Å². The van der Waals surface area contributed by atoms with Gasteiger partial charge in [-0.1, -0.05) is 24.4 Å². The maximum atomic E-state index is 11.9. The molecule has 21 heavy (non-hydrogen) atoms. The van der Waals surface area contributed by atoms with Gasteiger partial charge in [0.1, 0.15) is 0 Å². The van der Waals surface area contributed by atoms with Crippen molar-refractivity contribution in [3.05, 3.63) is 22.2 Å². The van der Waals surface area contributed by atoms with Crippen LogP contribution in [-0.2, 0) is 10.2 Å². The molecule has 0 spiro atoms. The molecule has 5 nitrogen and oxygen atoms in total. The number of methoxy groups -OCH3 is 2. The molecule has 114 valence electrons. The van der Waals surface area contributed by atoms with E-state index in [1.165, 1.54) is 20.3 Å². The first-order valence-corrected chi connectivity index (χ1v) is 7.03.